The molecule has 0 N–H and O–H groups in total. The Morgan fingerprint density at radius 3 is 1.90 bits per heavy atom. The summed E-state index contributed by atoms with van der Waals surface area (Å²) in [5, 5.41) is 0. The molecule has 0 aliphatic heterocycles. The molecular weight excluding hydrogens is 392 g/mol. The van der Waals surface area contributed by atoms with Crippen molar-refractivity contribution in [2.45, 2.75) is 13.3 Å². The summed E-state index contributed by atoms with van der Waals surface area (Å²) >= 11 is 0. The number of benzene rings is 2. The largest absolute Gasteiger partial charge is 0.494 e. The lowest BCUT2D eigenvalue weighted by molar-refractivity contribution is -0.143. The van der Waals surface area contributed by atoms with E-state index in [1.165, 1.54) is 33.5 Å². The van der Waals surface area contributed by atoms with Crippen molar-refractivity contribution in [3.8, 4) is 28.7 Å². The SMILES string of the molecule is CCOc1ccc(OCCC(=O)OCC(=O)c2cc(OC)c(OC)c(OC)c2)cc1. The molecule has 0 bridgehead atoms. The normalized spacial score (nSPS) is 10.1. The van der Waals surface area contributed by atoms with Crippen LogP contribution in [0, 0.1) is 0 Å². The molecule has 0 aliphatic rings. The number of Topliss-reactive ketones (excluding diaryl/α,β-unsaturated/α-hetero) is 1. The van der Waals surface area contributed by atoms with Gasteiger partial charge in [0.25, 0.3) is 0 Å². The molecule has 8 heteroatoms. The average Bonchev–Trinajstić information content (AvgIpc) is 2.77. The molecule has 2 aromatic carbocycles. The van der Waals surface area contributed by atoms with Gasteiger partial charge in [-0.2, -0.15) is 0 Å². The lowest BCUT2D eigenvalue weighted by atomic mass is 10.1. The van der Waals surface area contributed by atoms with Crippen LogP contribution in [0.1, 0.15) is 23.7 Å². The standard InChI is InChI=1S/C22H26O8/c1-5-28-16-6-8-17(9-7-16)29-11-10-21(24)30-14-18(23)15-12-19(25-2)22(27-4)20(13-15)26-3/h6-9,12-13H,5,10-11,14H2,1-4H3. The zero-order chi connectivity index (χ0) is 21.9. The summed E-state index contributed by atoms with van der Waals surface area (Å²) in [5.74, 6) is 1.48. The monoisotopic (exact) mass is 418 g/mol. The molecule has 8 nitrogen and oxygen atoms in total. The molecule has 0 unspecified atom stereocenters. The molecule has 0 amide bonds. The molecule has 2 rings (SSSR count). The van der Waals surface area contributed by atoms with E-state index in [1.807, 2.05) is 6.92 Å². The minimum atomic E-state index is -0.540. The van der Waals surface area contributed by atoms with Gasteiger partial charge in [0.2, 0.25) is 11.5 Å². The molecule has 0 heterocycles. The van der Waals surface area contributed by atoms with Gasteiger partial charge in [0.1, 0.15) is 11.5 Å². The molecule has 0 atom stereocenters. The first-order valence-corrected chi connectivity index (χ1v) is 9.36. The second-order valence-electron chi connectivity index (χ2n) is 6.00. The van der Waals surface area contributed by atoms with Crippen LogP contribution in [-0.4, -0.2) is 52.9 Å². The van der Waals surface area contributed by atoms with Crippen molar-refractivity contribution in [1.82, 2.24) is 0 Å². The van der Waals surface area contributed by atoms with Crippen molar-refractivity contribution < 1.29 is 38.0 Å². The highest BCUT2D eigenvalue weighted by Crippen LogP contribution is 2.38. The molecule has 0 aromatic heterocycles. The van der Waals surface area contributed by atoms with Crippen LogP contribution in [-0.2, 0) is 9.53 Å². The average molecular weight is 418 g/mol. The minimum absolute atomic E-state index is 0.00967. The summed E-state index contributed by atoms with van der Waals surface area (Å²) in [5.41, 5.74) is 0.280. The van der Waals surface area contributed by atoms with Gasteiger partial charge in [0.05, 0.1) is 41.0 Å². The summed E-state index contributed by atoms with van der Waals surface area (Å²) in [6.07, 6.45) is 0.00967. The molecule has 0 spiro atoms. The number of rotatable bonds is 12. The van der Waals surface area contributed by atoms with Crippen LogP contribution in [0.25, 0.3) is 0 Å². The number of ketones is 1. The molecule has 0 fully saturated rings. The van der Waals surface area contributed by atoms with Crippen molar-refractivity contribution in [3.63, 3.8) is 0 Å². The van der Waals surface area contributed by atoms with Gasteiger partial charge < -0.3 is 28.4 Å². The van der Waals surface area contributed by atoms with Crippen molar-refractivity contribution >= 4 is 11.8 Å². The first kappa shape index (κ1) is 22.9. The topological polar surface area (TPSA) is 89.5 Å². The zero-order valence-corrected chi connectivity index (χ0v) is 17.6. The van der Waals surface area contributed by atoms with E-state index < -0.39 is 18.4 Å². The summed E-state index contributed by atoms with van der Waals surface area (Å²) in [6.45, 7) is 2.22. The first-order valence-electron chi connectivity index (χ1n) is 9.36. The third-order valence-corrected chi connectivity index (χ3v) is 4.06. The van der Waals surface area contributed by atoms with E-state index in [4.69, 9.17) is 28.4 Å². The van der Waals surface area contributed by atoms with Gasteiger partial charge in [-0.05, 0) is 43.3 Å². The molecule has 2 aromatic rings. The van der Waals surface area contributed by atoms with Crippen molar-refractivity contribution in [1.29, 1.82) is 0 Å². The Morgan fingerprint density at radius 1 is 0.833 bits per heavy atom. The van der Waals surface area contributed by atoms with E-state index in [0.717, 1.165) is 5.75 Å². The van der Waals surface area contributed by atoms with Crippen LogP contribution in [0.2, 0.25) is 0 Å². The van der Waals surface area contributed by atoms with Crippen LogP contribution in [0.5, 0.6) is 28.7 Å². The number of carbonyl (C=O) groups is 2. The maximum atomic E-state index is 12.4. The summed E-state index contributed by atoms with van der Waals surface area (Å²) in [6, 6.07) is 10.1. The van der Waals surface area contributed by atoms with E-state index in [0.29, 0.717) is 29.6 Å². The molecule has 0 aliphatic carbocycles. The van der Waals surface area contributed by atoms with Gasteiger partial charge in [-0.3, -0.25) is 9.59 Å². The van der Waals surface area contributed by atoms with Crippen molar-refractivity contribution in [2.75, 3.05) is 41.2 Å². The first-order chi connectivity index (χ1) is 14.5. The number of carbonyl (C=O) groups excluding carboxylic acids is 2. The van der Waals surface area contributed by atoms with Gasteiger partial charge in [-0.1, -0.05) is 0 Å². The van der Waals surface area contributed by atoms with E-state index in [9.17, 15) is 9.59 Å². The number of esters is 1. The van der Waals surface area contributed by atoms with Crippen LogP contribution >= 0.6 is 0 Å². The van der Waals surface area contributed by atoms with Gasteiger partial charge in [-0.15, -0.1) is 0 Å². The highest BCUT2D eigenvalue weighted by molar-refractivity contribution is 5.99. The molecular formula is C22H26O8. The fraction of sp³-hybridized carbons (Fsp3) is 0.364. The minimum Gasteiger partial charge on any atom is -0.494 e. The van der Waals surface area contributed by atoms with Gasteiger partial charge >= 0.3 is 5.97 Å². The number of methoxy groups -OCH3 is 3. The summed E-state index contributed by atoms with van der Waals surface area (Å²) < 4.78 is 31.6. The van der Waals surface area contributed by atoms with Crippen LogP contribution in [0.15, 0.2) is 36.4 Å². The van der Waals surface area contributed by atoms with Gasteiger partial charge in [0, 0.05) is 5.56 Å². The Hall–Kier alpha value is -3.42. The third-order valence-electron chi connectivity index (χ3n) is 4.06. The summed E-state index contributed by atoms with van der Waals surface area (Å²) in [4.78, 5) is 24.3. The van der Waals surface area contributed by atoms with Gasteiger partial charge in [-0.25, -0.2) is 0 Å². The van der Waals surface area contributed by atoms with Crippen molar-refractivity contribution in [2.24, 2.45) is 0 Å². The second kappa shape index (κ2) is 11.5. The van der Waals surface area contributed by atoms with Gasteiger partial charge in [0.15, 0.2) is 18.1 Å². The lowest BCUT2D eigenvalue weighted by Crippen LogP contribution is -2.16. The Morgan fingerprint density at radius 2 is 1.40 bits per heavy atom. The van der Waals surface area contributed by atoms with E-state index >= 15 is 0 Å². The molecule has 0 saturated carbocycles. The quantitative estimate of drug-likeness (QED) is 0.383. The van der Waals surface area contributed by atoms with E-state index in [-0.39, 0.29) is 18.6 Å². The number of ether oxygens (including phenoxy) is 6. The molecule has 30 heavy (non-hydrogen) atoms. The maximum Gasteiger partial charge on any atom is 0.309 e. The fourth-order valence-electron chi connectivity index (χ4n) is 2.59. The highest BCUT2D eigenvalue weighted by atomic mass is 16.5. The smallest absolute Gasteiger partial charge is 0.309 e. The Labute approximate surface area is 175 Å². The maximum absolute atomic E-state index is 12.4. The predicted octanol–water partition coefficient (Wildman–Crippen LogP) is 3.31. The zero-order valence-electron chi connectivity index (χ0n) is 17.6. The Kier molecular flexibility index (Phi) is 8.80. The molecule has 0 saturated heterocycles. The Bertz CT molecular complexity index is 820. The summed E-state index contributed by atoms with van der Waals surface area (Å²) in [7, 11) is 4.38. The van der Waals surface area contributed by atoms with Crippen LogP contribution in [0.4, 0.5) is 0 Å². The molecule has 0 radical (unpaired) electrons. The Balaban J connectivity index is 1.83. The van der Waals surface area contributed by atoms with E-state index in [2.05, 4.69) is 0 Å². The fourth-order valence-corrected chi connectivity index (χ4v) is 2.59. The predicted molar refractivity (Wildman–Crippen MR) is 109 cm³/mol. The third kappa shape index (κ3) is 6.30. The number of hydrogen-bond donors (Lipinski definition) is 0. The van der Waals surface area contributed by atoms with Crippen molar-refractivity contribution in [3.05, 3.63) is 42.0 Å². The lowest BCUT2D eigenvalue weighted by Gasteiger charge is -2.13. The van der Waals surface area contributed by atoms with Crippen LogP contribution in [0.3, 0.4) is 0 Å². The highest BCUT2D eigenvalue weighted by Gasteiger charge is 2.18. The second-order valence-corrected chi connectivity index (χ2v) is 6.00. The van der Waals surface area contributed by atoms with E-state index in [1.54, 1.807) is 24.3 Å². The number of hydrogen-bond acceptors (Lipinski definition) is 8. The molecule has 162 valence electrons. The van der Waals surface area contributed by atoms with Crippen LogP contribution < -0.4 is 23.7 Å².